The first kappa shape index (κ1) is 21.0. The summed E-state index contributed by atoms with van der Waals surface area (Å²) in [6, 6.07) is 16.6. The van der Waals surface area contributed by atoms with Crippen molar-refractivity contribution in [2.45, 2.75) is 65.4 Å². The summed E-state index contributed by atoms with van der Waals surface area (Å²) in [5, 5.41) is 3.01. The van der Waals surface area contributed by atoms with Gasteiger partial charge in [-0.25, -0.2) is 0 Å². The van der Waals surface area contributed by atoms with Gasteiger partial charge in [0.25, 0.3) is 5.91 Å². The van der Waals surface area contributed by atoms with Crippen LogP contribution < -0.4 is 10.1 Å². The van der Waals surface area contributed by atoms with Gasteiger partial charge in [-0.3, -0.25) is 4.79 Å². The maximum absolute atomic E-state index is 12.4. The summed E-state index contributed by atoms with van der Waals surface area (Å²) in [6.07, 6.45) is 2.08. The summed E-state index contributed by atoms with van der Waals surface area (Å²) in [7, 11) is 0. The second-order valence-corrected chi connectivity index (χ2v) is 8.17. The number of carbonyl (C=O) groups is 1. The third kappa shape index (κ3) is 6.74. The molecule has 3 nitrogen and oxygen atoms in total. The second kappa shape index (κ2) is 9.59. The van der Waals surface area contributed by atoms with E-state index < -0.39 is 6.10 Å². The first-order valence-electron chi connectivity index (χ1n) is 9.90. The van der Waals surface area contributed by atoms with E-state index in [0.717, 1.165) is 18.6 Å². The summed E-state index contributed by atoms with van der Waals surface area (Å²) >= 11 is 0. The standard InChI is InChI=1S/C24H33NO2/c1-6-22(27-21-14-12-20(13-15-21)24(3,4)5)23(26)25-16-8-11-19-10-7-9-18(2)17-19/h7,9-10,12-15,17,22H,6,8,11,16H2,1-5H3,(H,25,26)/t22-/m0/s1. The van der Waals surface area contributed by atoms with E-state index in [1.165, 1.54) is 16.7 Å². The molecule has 0 saturated heterocycles. The van der Waals surface area contributed by atoms with E-state index >= 15 is 0 Å². The van der Waals surface area contributed by atoms with Crippen LogP contribution in [0.4, 0.5) is 0 Å². The lowest BCUT2D eigenvalue weighted by Gasteiger charge is -2.21. The normalized spacial score (nSPS) is 12.5. The molecule has 1 amide bonds. The molecule has 3 heteroatoms. The molecular weight excluding hydrogens is 334 g/mol. The van der Waals surface area contributed by atoms with Crippen LogP contribution in [0.25, 0.3) is 0 Å². The number of hydrogen-bond donors (Lipinski definition) is 1. The lowest BCUT2D eigenvalue weighted by atomic mass is 9.87. The first-order chi connectivity index (χ1) is 12.8. The first-order valence-corrected chi connectivity index (χ1v) is 9.90. The van der Waals surface area contributed by atoms with E-state index in [1.54, 1.807) is 0 Å². The topological polar surface area (TPSA) is 38.3 Å². The highest BCUT2D eigenvalue weighted by molar-refractivity contribution is 5.81. The van der Waals surface area contributed by atoms with Gasteiger partial charge in [-0.2, -0.15) is 0 Å². The van der Waals surface area contributed by atoms with Crippen molar-refractivity contribution in [1.82, 2.24) is 5.32 Å². The Morgan fingerprint density at radius 1 is 1.11 bits per heavy atom. The minimum absolute atomic E-state index is 0.0401. The summed E-state index contributed by atoms with van der Waals surface area (Å²) in [5.41, 5.74) is 3.95. The van der Waals surface area contributed by atoms with E-state index in [0.29, 0.717) is 13.0 Å². The van der Waals surface area contributed by atoms with Crippen LogP contribution in [0.5, 0.6) is 5.75 Å². The Balaban J connectivity index is 1.81. The van der Waals surface area contributed by atoms with Crippen LogP contribution in [-0.4, -0.2) is 18.6 Å². The van der Waals surface area contributed by atoms with E-state index in [4.69, 9.17) is 4.74 Å². The molecule has 2 rings (SSSR count). The van der Waals surface area contributed by atoms with Crippen LogP contribution in [-0.2, 0) is 16.6 Å². The summed E-state index contributed by atoms with van der Waals surface area (Å²) in [5.74, 6) is 0.700. The number of ether oxygens (including phenoxy) is 1. The lowest BCUT2D eigenvalue weighted by Crippen LogP contribution is -2.38. The van der Waals surface area contributed by atoms with Crippen molar-refractivity contribution in [3.8, 4) is 5.75 Å². The number of carbonyl (C=O) groups excluding carboxylic acids is 1. The maximum atomic E-state index is 12.4. The molecule has 0 aromatic heterocycles. The Morgan fingerprint density at radius 3 is 2.41 bits per heavy atom. The molecule has 2 aromatic carbocycles. The molecular formula is C24H33NO2. The van der Waals surface area contributed by atoms with Crippen molar-refractivity contribution in [2.24, 2.45) is 0 Å². The monoisotopic (exact) mass is 367 g/mol. The number of benzene rings is 2. The van der Waals surface area contributed by atoms with Gasteiger partial charge in [0.2, 0.25) is 0 Å². The zero-order chi connectivity index (χ0) is 19.9. The van der Waals surface area contributed by atoms with Gasteiger partial charge in [0.1, 0.15) is 5.75 Å². The van der Waals surface area contributed by atoms with Gasteiger partial charge in [0.15, 0.2) is 6.10 Å². The second-order valence-electron chi connectivity index (χ2n) is 8.17. The van der Waals surface area contributed by atoms with E-state index in [1.807, 2.05) is 19.1 Å². The predicted octanol–water partition coefficient (Wildman–Crippen LogP) is 5.20. The summed E-state index contributed by atoms with van der Waals surface area (Å²) in [6.45, 7) is 11.3. The number of rotatable bonds is 8. The molecule has 146 valence electrons. The Kier molecular flexibility index (Phi) is 7.46. The molecule has 0 saturated carbocycles. The molecule has 0 aliphatic heterocycles. The molecule has 0 bridgehead atoms. The van der Waals surface area contributed by atoms with Gasteiger partial charge in [0, 0.05) is 6.54 Å². The lowest BCUT2D eigenvalue weighted by molar-refractivity contribution is -0.128. The Hall–Kier alpha value is -2.29. The molecule has 0 heterocycles. The van der Waals surface area contributed by atoms with Gasteiger partial charge in [-0.1, -0.05) is 69.7 Å². The van der Waals surface area contributed by atoms with Crippen molar-refractivity contribution >= 4 is 5.91 Å². The smallest absolute Gasteiger partial charge is 0.261 e. The fourth-order valence-corrected chi connectivity index (χ4v) is 3.01. The maximum Gasteiger partial charge on any atom is 0.261 e. The molecule has 27 heavy (non-hydrogen) atoms. The average Bonchev–Trinajstić information content (AvgIpc) is 2.63. The molecule has 0 fully saturated rings. The zero-order valence-electron chi connectivity index (χ0n) is 17.3. The quantitative estimate of drug-likeness (QED) is 0.651. The van der Waals surface area contributed by atoms with E-state index in [-0.39, 0.29) is 11.3 Å². The Morgan fingerprint density at radius 2 is 1.81 bits per heavy atom. The van der Waals surface area contributed by atoms with Crippen LogP contribution in [0.2, 0.25) is 0 Å². The summed E-state index contributed by atoms with van der Waals surface area (Å²) < 4.78 is 5.91. The van der Waals surface area contributed by atoms with Crippen LogP contribution in [0.15, 0.2) is 48.5 Å². The fraction of sp³-hybridized carbons (Fsp3) is 0.458. The van der Waals surface area contributed by atoms with Crippen LogP contribution in [0, 0.1) is 6.92 Å². The molecule has 0 aliphatic rings. The molecule has 0 radical (unpaired) electrons. The molecule has 1 N–H and O–H groups in total. The van der Waals surface area contributed by atoms with Crippen molar-refractivity contribution in [3.63, 3.8) is 0 Å². The van der Waals surface area contributed by atoms with Crippen molar-refractivity contribution < 1.29 is 9.53 Å². The van der Waals surface area contributed by atoms with Gasteiger partial charge in [-0.15, -0.1) is 0 Å². The molecule has 1 atom stereocenters. The molecule has 2 aromatic rings. The highest BCUT2D eigenvalue weighted by atomic mass is 16.5. The fourth-order valence-electron chi connectivity index (χ4n) is 3.01. The van der Waals surface area contributed by atoms with Crippen LogP contribution in [0.1, 0.15) is 57.2 Å². The number of nitrogens with one attached hydrogen (secondary N) is 1. The highest BCUT2D eigenvalue weighted by Crippen LogP contribution is 2.24. The van der Waals surface area contributed by atoms with Gasteiger partial charge in [-0.05, 0) is 54.9 Å². The molecule has 0 aliphatic carbocycles. The molecule has 0 spiro atoms. The molecule has 0 unspecified atom stereocenters. The minimum atomic E-state index is -0.454. The number of hydrogen-bond acceptors (Lipinski definition) is 2. The Bertz CT molecular complexity index is 729. The van der Waals surface area contributed by atoms with Crippen LogP contribution in [0.3, 0.4) is 0 Å². The van der Waals surface area contributed by atoms with Gasteiger partial charge in [0.05, 0.1) is 0 Å². The van der Waals surface area contributed by atoms with E-state index in [2.05, 4.69) is 69.4 Å². The van der Waals surface area contributed by atoms with Gasteiger partial charge >= 0.3 is 0 Å². The van der Waals surface area contributed by atoms with E-state index in [9.17, 15) is 4.79 Å². The third-order valence-electron chi connectivity index (χ3n) is 4.69. The predicted molar refractivity (Wildman–Crippen MR) is 112 cm³/mol. The Labute approximate surface area is 164 Å². The number of amides is 1. The average molecular weight is 368 g/mol. The highest BCUT2D eigenvalue weighted by Gasteiger charge is 2.18. The number of aryl methyl sites for hydroxylation is 2. The van der Waals surface area contributed by atoms with Gasteiger partial charge < -0.3 is 10.1 Å². The van der Waals surface area contributed by atoms with Crippen molar-refractivity contribution in [3.05, 3.63) is 65.2 Å². The minimum Gasteiger partial charge on any atom is -0.481 e. The SMILES string of the molecule is CC[C@H](Oc1ccc(C(C)(C)C)cc1)C(=O)NCCCc1cccc(C)c1. The largest absolute Gasteiger partial charge is 0.481 e. The zero-order valence-corrected chi connectivity index (χ0v) is 17.3. The third-order valence-corrected chi connectivity index (χ3v) is 4.69. The van der Waals surface area contributed by atoms with Crippen molar-refractivity contribution in [2.75, 3.05) is 6.54 Å². The summed E-state index contributed by atoms with van der Waals surface area (Å²) in [4.78, 5) is 12.4. The van der Waals surface area contributed by atoms with Crippen LogP contribution >= 0.6 is 0 Å². The van der Waals surface area contributed by atoms with Crippen molar-refractivity contribution in [1.29, 1.82) is 0 Å².